The van der Waals surface area contributed by atoms with Crippen LogP contribution in [0.5, 0.6) is 0 Å². The smallest absolute Gasteiger partial charge is 0.301 e. The quantitative estimate of drug-likeness (QED) is 0.239. The number of amides is 1. The molecule has 1 saturated heterocycles. The van der Waals surface area contributed by atoms with Crippen molar-refractivity contribution >= 4 is 55.7 Å². The molecule has 3 aromatic carbocycles. The third-order valence-electron chi connectivity index (χ3n) is 5.22. The lowest BCUT2D eigenvalue weighted by Crippen LogP contribution is -2.29. The van der Waals surface area contributed by atoms with Crippen LogP contribution in [0.3, 0.4) is 0 Å². The normalized spacial score (nSPS) is 17.9. The van der Waals surface area contributed by atoms with E-state index in [2.05, 4.69) is 4.98 Å². The number of rotatable bonds is 3. The molecule has 1 aliphatic rings. The maximum absolute atomic E-state index is 13.7. The van der Waals surface area contributed by atoms with Crippen LogP contribution in [0.4, 0.5) is 9.52 Å². The monoisotopic (exact) mass is 464 g/mol. The molecule has 0 radical (unpaired) electrons. The molecule has 1 aliphatic heterocycles. The van der Waals surface area contributed by atoms with Gasteiger partial charge in [0.25, 0.3) is 5.78 Å². The highest BCUT2D eigenvalue weighted by Crippen LogP contribution is 2.44. The average Bonchev–Trinajstić information content (AvgIpc) is 3.32. The highest BCUT2D eigenvalue weighted by atomic mass is 35.5. The summed E-state index contributed by atoms with van der Waals surface area (Å²) in [7, 11) is 0. The highest BCUT2D eigenvalue weighted by Gasteiger charge is 2.48. The van der Waals surface area contributed by atoms with Crippen LogP contribution in [0.15, 0.2) is 78.4 Å². The van der Waals surface area contributed by atoms with Gasteiger partial charge in [-0.3, -0.25) is 14.5 Å². The topological polar surface area (TPSA) is 70.5 Å². The number of aromatic nitrogens is 1. The number of carbonyl (C=O) groups is 2. The minimum atomic E-state index is -0.891. The zero-order valence-electron chi connectivity index (χ0n) is 16.3. The van der Waals surface area contributed by atoms with Gasteiger partial charge >= 0.3 is 5.91 Å². The number of halogens is 2. The minimum absolute atomic E-state index is 0.0473. The molecule has 5 rings (SSSR count). The first-order valence-corrected chi connectivity index (χ1v) is 10.8. The molecule has 158 valence electrons. The Morgan fingerprint density at radius 2 is 1.75 bits per heavy atom. The highest BCUT2D eigenvalue weighted by molar-refractivity contribution is 7.22. The van der Waals surface area contributed by atoms with Crippen LogP contribution in [0.2, 0.25) is 5.02 Å². The van der Waals surface area contributed by atoms with E-state index in [1.807, 2.05) is 6.07 Å². The van der Waals surface area contributed by atoms with Crippen molar-refractivity contribution in [3.05, 3.63) is 100 Å². The van der Waals surface area contributed by atoms with Crippen molar-refractivity contribution < 1.29 is 19.1 Å². The van der Waals surface area contributed by atoms with Crippen LogP contribution in [-0.4, -0.2) is 21.8 Å². The molecule has 0 aliphatic carbocycles. The van der Waals surface area contributed by atoms with Gasteiger partial charge in [0.2, 0.25) is 0 Å². The number of fused-ring (bicyclic) bond motifs is 1. The number of benzene rings is 3. The first kappa shape index (κ1) is 20.4. The molecule has 0 unspecified atom stereocenters. The van der Waals surface area contributed by atoms with E-state index >= 15 is 0 Å². The number of thiazole rings is 1. The first-order chi connectivity index (χ1) is 15.4. The predicted molar refractivity (Wildman–Crippen MR) is 122 cm³/mol. The van der Waals surface area contributed by atoms with Gasteiger partial charge in [0.1, 0.15) is 11.6 Å². The Morgan fingerprint density at radius 1 is 1.03 bits per heavy atom. The average molecular weight is 465 g/mol. The van der Waals surface area contributed by atoms with Gasteiger partial charge in [-0.2, -0.15) is 0 Å². The fourth-order valence-corrected chi connectivity index (χ4v) is 4.88. The van der Waals surface area contributed by atoms with Crippen molar-refractivity contribution in [2.75, 3.05) is 4.90 Å². The van der Waals surface area contributed by atoms with Crippen molar-refractivity contribution in [1.29, 1.82) is 0 Å². The summed E-state index contributed by atoms with van der Waals surface area (Å²) in [5.74, 6) is -2.36. The number of anilines is 1. The molecule has 0 bridgehead atoms. The molecule has 1 amide bonds. The maximum atomic E-state index is 13.7. The van der Waals surface area contributed by atoms with E-state index in [4.69, 9.17) is 11.6 Å². The summed E-state index contributed by atoms with van der Waals surface area (Å²) in [4.78, 5) is 32.0. The van der Waals surface area contributed by atoms with Crippen LogP contribution in [0, 0.1) is 5.82 Å². The Morgan fingerprint density at radius 3 is 2.47 bits per heavy atom. The Hall–Kier alpha value is -3.55. The number of Topliss-reactive ketones (excluding diaryl/α,β-unsaturated/α-hetero) is 1. The molecule has 8 heteroatoms. The minimum Gasteiger partial charge on any atom is -0.507 e. The molecule has 4 aromatic rings. The van der Waals surface area contributed by atoms with Gasteiger partial charge in [-0.25, -0.2) is 9.37 Å². The van der Waals surface area contributed by atoms with Crippen molar-refractivity contribution in [1.82, 2.24) is 4.98 Å². The molecular formula is C24H14ClFN2O3S. The van der Waals surface area contributed by atoms with Crippen LogP contribution < -0.4 is 4.90 Å². The van der Waals surface area contributed by atoms with E-state index < -0.39 is 23.5 Å². The Balaban J connectivity index is 1.72. The summed E-state index contributed by atoms with van der Waals surface area (Å²) >= 11 is 7.05. The van der Waals surface area contributed by atoms with Crippen LogP contribution in [0.1, 0.15) is 17.2 Å². The van der Waals surface area contributed by atoms with Crippen molar-refractivity contribution in [3.63, 3.8) is 0 Å². The molecule has 5 nitrogen and oxygen atoms in total. The zero-order chi connectivity index (χ0) is 22.4. The molecule has 2 heterocycles. The number of hydrogen-bond donors (Lipinski definition) is 1. The van der Waals surface area contributed by atoms with Gasteiger partial charge in [-0.15, -0.1) is 0 Å². The van der Waals surface area contributed by atoms with Crippen molar-refractivity contribution in [2.45, 2.75) is 6.04 Å². The fourth-order valence-electron chi connectivity index (χ4n) is 3.73. The molecular weight excluding hydrogens is 451 g/mol. The third-order valence-corrected chi connectivity index (χ3v) is 6.49. The van der Waals surface area contributed by atoms with E-state index in [0.717, 1.165) is 11.3 Å². The van der Waals surface area contributed by atoms with Crippen molar-refractivity contribution in [3.8, 4) is 0 Å². The molecule has 1 fully saturated rings. The lowest BCUT2D eigenvalue weighted by Gasteiger charge is -2.22. The van der Waals surface area contributed by atoms with Gasteiger partial charge in [-0.1, -0.05) is 53.3 Å². The van der Waals surface area contributed by atoms with Gasteiger partial charge in [0, 0.05) is 10.6 Å². The van der Waals surface area contributed by atoms with Crippen LogP contribution in [0.25, 0.3) is 16.0 Å². The molecule has 1 aromatic heterocycles. The summed E-state index contributed by atoms with van der Waals surface area (Å²) in [6.45, 7) is 0. The fraction of sp³-hybridized carbons (Fsp3) is 0.0417. The van der Waals surface area contributed by atoms with Gasteiger partial charge < -0.3 is 5.11 Å². The summed E-state index contributed by atoms with van der Waals surface area (Å²) < 4.78 is 14.2. The Labute approximate surface area is 191 Å². The predicted octanol–water partition coefficient (Wildman–Crippen LogP) is 5.72. The number of aliphatic hydroxyl groups is 1. The van der Waals surface area contributed by atoms with E-state index in [1.165, 1.54) is 23.1 Å². The molecule has 0 saturated carbocycles. The number of hydrogen-bond acceptors (Lipinski definition) is 5. The van der Waals surface area contributed by atoms with E-state index in [0.29, 0.717) is 26.4 Å². The summed E-state index contributed by atoms with van der Waals surface area (Å²) in [5, 5.41) is 11.8. The van der Waals surface area contributed by atoms with Crippen LogP contribution >= 0.6 is 22.9 Å². The molecule has 1 atom stereocenters. The molecule has 1 N–H and O–H groups in total. The Bertz CT molecular complexity index is 1400. The van der Waals surface area contributed by atoms with E-state index in [-0.39, 0.29) is 16.5 Å². The molecule has 32 heavy (non-hydrogen) atoms. The van der Waals surface area contributed by atoms with Crippen LogP contribution in [-0.2, 0) is 9.59 Å². The maximum Gasteiger partial charge on any atom is 0.301 e. The van der Waals surface area contributed by atoms with Gasteiger partial charge in [-0.05, 0) is 48.0 Å². The second-order valence-electron chi connectivity index (χ2n) is 7.20. The number of ketones is 1. The largest absolute Gasteiger partial charge is 0.507 e. The second-order valence-corrected chi connectivity index (χ2v) is 8.64. The number of carbonyl (C=O) groups excluding carboxylic acids is 2. The van der Waals surface area contributed by atoms with Gasteiger partial charge in [0.15, 0.2) is 5.13 Å². The Kier molecular flexibility index (Phi) is 5.00. The summed E-state index contributed by atoms with van der Waals surface area (Å²) in [5.41, 5.74) is 1.46. The zero-order valence-corrected chi connectivity index (χ0v) is 17.9. The van der Waals surface area contributed by atoms with E-state index in [9.17, 15) is 19.1 Å². The standard InChI is InChI=1S/C24H14ClFN2O3S/c25-15-8-6-14(7-9-15)21(29)19-20(13-4-2-1-3-5-13)28(23(31)22(19)30)24-27-17-11-10-16(26)12-18(17)32-24/h1-12,20,29H/b21-19+/t20-/m1/s1. The van der Waals surface area contributed by atoms with Gasteiger partial charge in [0.05, 0.1) is 21.8 Å². The number of aliphatic hydroxyl groups excluding tert-OH is 1. The lowest BCUT2D eigenvalue weighted by atomic mass is 9.95. The summed E-state index contributed by atoms with van der Waals surface area (Å²) in [6, 6.07) is 18.5. The lowest BCUT2D eigenvalue weighted by molar-refractivity contribution is -0.132. The van der Waals surface area contributed by atoms with E-state index in [1.54, 1.807) is 48.5 Å². The van der Waals surface area contributed by atoms with Crippen molar-refractivity contribution in [2.24, 2.45) is 0 Å². The number of nitrogens with zero attached hydrogens (tertiary/aromatic N) is 2. The first-order valence-electron chi connectivity index (χ1n) is 9.62. The SMILES string of the molecule is O=C1C(=O)N(c2nc3ccc(F)cc3s2)[C@H](c2ccccc2)/C1=C(\O)c1ccc(Cl)cc1. The summed E-state index contributed by atoms with van der Waals surface area (Å²) in [6.07, 6.45) is 0. The third kappa shape index (κ3) is 3.36. The second kappa shape index (κ2) is 7.85. The molecule has 0 spiro atoms.